The van der Waals surface area contributed by atoms with Gasteiger partial charge in [0.15, 0.2) is 5.96 Å². The zero-order valence-corrected chi connectivity index (χ0v) is 16.9. The summed E-state index contributed by atoms with van der Waals surface area (Å²) >= 11 is 0. The molecule has 1 amide bonds. The second-order valence-corrected chi connectivity index (χ2v) is 8.58. The first-order valence-electron chi connectivity index (χ1n) is 8.88. The predicted molar refractivity (Wildman–Crippen MR) is 104 cm³/mol. The Morgan fingerprint density at radius 1 is 1.37 bits per heavy atom. The van der Waals surface area contributed by atoms with Crippen molar-refractivity contribution in [1.29, 1.82) is 0 Å². The Bertz CT molecular complexity index is 761. The van der Waals surface area contributed by atoms with Crippen molar-refractivity contribution in [2.24, 2.45) is 12.0 Å². The molecule has 0 radical (unpaired) electrons. The fourth-order valence-corrected chi connectivity index (χ4v) is 3.05. The maximum Gasteiger partial charge on any atom is 0.246 e. The minimum absolute atomic E-state index is 0.00157. The largest absolute Gasteiger partial charge is 0.378 e. The smallest absolute Gasteiger partial charge is 0.246 e. The van der Waals surface area contributed by atoms with Crippen LogP contribution in [-0.4, -0.2) is 92.9 Å². The van der Waals surface area contributed by atoms with Crippen molar-refractivity contribution in [2.75, 3.05) is 62.8 Å². The molecule has 2 rings (SSSR count). The van der Waals surface area contributed by atoms with Crippen LogP contribution in [0.15, 0.2) is 17.4 Å². The molecule has 0 atom stereocenters. The number of nitrogens with zero attached hydrogens (tertiary/aromatic N) is 5. The van der Waals surface area contributed by atoms with Crippen LogP contribution in [0.3, 0.4) is 0 Å². The molecule has 1 aliphatic heterocycles. The summed E-state index contributed by atoms with van der Waals surface area (Å²) < 4.78 is 29.1. The number of ether oxygens (including phenoxy) is 1. The Labute approximate surface area is 160 Å². The van der Waals surface area contributed by atoms with Crippen molar-refractivity contribution in [3.8, 4) is 0 Å². The summed E-state index contributed by atoms with van der Waals surface area (Å²) in [6.07, 6.45) is 4.68. The molecule has 0 spiro atoms. The molecule has 152 valence electrons. The molecule has 0 unspecified atom stereocenters. The van der Waals surface area contributed by atoms with Crippen LogP contribution in [0.25, 0.3) is 0 Å². The summed E-state index contributed by atoms with van der Waals surface area (Å²) in [5.74, 6) is 0.648. The van der Waals surface area contributed by atoms with Crippen LogP contribution in [0.5, 0.6) is 0 Å². The number of hydrogen-bond donors (Lipinski definition) is 1. The standard InChI is InChI=1S/C16H28N6O4S/c1-4-17-16(18-5-8-26-9-10-27(3,24)25)21-6-7-22(15(23)13-21)14-11-19-20(2)12-14/h11-12H,4-10,13H2,1-3H3,(H,17,18). The predicted octanol–water partition coefficient (Wildman–Crippen LogP) is -0.905. The van der Waals surface area contributed by atoms with Gasteiger partial charge in [0.1, 0.15) is 16.4 Å². The van der Waals surface area contributed by atoms with Gasteiger partial charge in [-0.2, -0.15) is 5.10 Å². The van der Waals surface area contributed by atoms with Gasteiger partial charge in [-0.15, -0.1) is 0 Å². The molecular formula is C16H28N6O4S. The van der Waals surface area contributed by atoms with Crippen molar-refractivity contribution in [3.05, 3.63) is 12.4 Å². The number of sulfone groups is 1. The molecule has 1 aliphatic rings. The number of anilines is 1. The third-order valence-corrected chi connectivity index (χ3v) is 4.86. The van der Waals surface area contributed by atoms with Gasteiger partial charge in [-0.05, 0) is 6.92 Å². The van der Waals surface area contributed by atoms with E-state index in [1.807, 2.05) is 25.1 Å². The summed E-state index contributed by atoms with van der Waals surface area (Å²) in [5, 5.41) is 7.30. The lowest BCUT2D eigenvalue weighted by Crippen LogP contribution is -2.55. The summed E-state index contributed by atoms with van der Waals surface area (Å²) in [7, 11) is -1.20. The number of aryl methyl sites for hydroxylation is 1. The maximum atomic E-state index is 12.5. The van der Waals surface area contributed by atoms with Crippen molar-refractivity contribution in [2.45, 2.75) is 6.92 Å². The highest BCUT2D eigenvalue weighted by molar-refractivity contribution is 7.90. The average Bonchev–Trinajstić information content (AvgIpc) is 3.02. The molecule has 1 aromatic rings. The van der Waals surface area contributed by atoms with Crippen molar-refractivity contribution >= 4 is 27.4 Å². The fourth-order valence-electron chi connectivity index (χ4n) is 2.63. The van der Waals surface area contributed by atoms with E-state index in [9.17, 15) is 13.2 Å². The minimum Gasteiger partial charge on any atom is -0.378 e. The van der Waals surface area contributed by atoms with E-state index in [0.717, 1.165) is 5.69 Å². The molecule has 0 aromatic carbocycles. The van der Waals surface area contributed by atoms with Crippen LogP contribution in [0.2, 0.25) is 0 Å². The molecule has 0 saturated carbocycles. The molecule has 1 saturated heterocycles. The maximum absolute atomic E-state index is 12.5. The van der Waals surface area contributed by atoms with Gasteiger partial charge in [0, 0.05) is 39.1 Å². The van der Waals surface area contributed by atoms with Gasteiger partial charge in [-0.25, -0.2) is 8.42 Å². The van der Waals surface area contributed by atoms with E-state index in [2.05, 4.69) is 15.4 Å². The van der Waals surface area contributed by atoms with E-state index in [4.69, 9.17) is 4.74 Å². The van der Waals surface area contributed by atoms with Gasteiger partial charge in [0.25, 0.3) is 0 Å². The highest BCUT2D eigenvalue weighted by atomic mass is 32.2. The molecule has 2 heterocycles. The zero-order chi connectivity index (χ0) is 19.9. The number of amides is 1. The van der Waals surface area contributed by atoms with Crippen molar-refractivity contribution < 1.29 is 17.9 Å². The Kier molecular flexibility index (Phi) is 7.60. The molecule has 11 heteroatoms. The van der Waals surface area contributed by atoms with Crippen LogP contribution in [0, 0.1) is 0 Å². The third kappa shape index (κ3) is 6.83. The molecule has 10 nitrogen and oxygen atoms in total. The summed E-state index contributed by atoms with van der Waals surface area (Å²) in [4.78, 5) is 20.6. The van der Waals surface area contributed by atoms with Crippen LogP contribution in [-0.2, 0) is 26.4 Å². The number of aromatic nitrogens is 2. The van der Waals surface area contributed by atoms with Gasteiger partial charge in [-0.3, -0.25) is 14.5 Å². The molecule has 1 aromatic heterocycles. The van der Waals surface area contributed by atoms with Gasteiger partial charge in [-0.1, -0.05) is 0 Å². The summed E-state index contributed by atoms with van der Waals surface area (Å²) in [6.45, 7) is 4.97. The average molecular weight is 401 g/mol. The SMILES string of the molecule is CCNC(=NCCOCCS(C)(=O)=O)N1CCN(c2cnn(C)c2)C(=O)C1. The highest BCUT2D eigenvalue weighted by Crippen LogP contribution is 2.16. The van der Waals surface area contributed by atoms with Crippen molar-refractivity contribution in [1.82, 2.24) is 20.0 Å². The quantitative estimate of drug-likeness (QED) is 0.342. The number of piperazine rings is 1. The Hall–Kier alpha value is -2.14. The fraction of sp³-hybridized carbons (Fsp3) is 0.688. The van der Waals surface area contributed by atoms with Crippen LogP contribution >= 0.6 is 0 Å². The second-order valence-electron chi connectivity index (χ2n) is 6.32. The first-order chi connectivity index (χ1) is 12.8. The molecule has 27 heavy (non-hydrogen) atoms. The van der Waals surface area contributed by atoms with E-state index in [1.54, 1.807) is 15.8 Å². The molecule has 0 aliphatic carbocycles. The lowest BCUT2D eigenvalue weighted by molar-refractivity contribution is -0.120. The molecule has 1 N–H and O–H groups in total. The number of rotatable bonds is 8. The third-order valence-electron chi connectivity index (χ3n) is 3.95. The first kappa shape index (κ1) is 21.2. The van der Waals surface area contributed by atoms with E-state index >= 15 is 0 Å². The monoisotopic (exact) mass is 400 g/mol. The summed E-state index contributed by atoms with van der Waals surface area (Å²) in [6, 6.07) is 0. The number of nitrogens with one attached hydrogen (secondary N) is 1. The Morgan fingerprint density at radius 2 is 2.15 bits per heavy atom. The summed E-state index contributed by atoms with van der Waals surface area (Å²) in [5.41, 5.74) is 0.795. The topological polar surface area (TPSA) is 109 Å². The van der Waals surface area contributed by atoms with Gasteiger partial charge in [0.2, 0.25) is 5.91 Å². The first-order valence-corrected chi connectivity index (χ1v) is 10.9. The second kappa shape index (κ2) is 9.70. The lowest BCUT2D eigenvalue weighted by atomic mass is 10.3. The van der Waals surface area contributed by atoms with E-state index in [-0.39, 0.29) is 24.8 Å². The molecule has 0 bridgehead atoms. The molecule has 1 fully saturated rings. The van der Waals surface area contributed by atoms with Gasteiger partial charge < -0.3 is 19.9 Å². The molecular weight excluding hydrogens is 372 g/mol. The highest BCUT2D eigenvalue weighted by Gasteiger charge is 2.27. The number of carbonyl (C=O) groups is 1. The Morgan fingerprint density at radius 3 is 2.74 bits per heavy atom. The van der Waals surface area contributed by atoms with Crippen LogP contribution in [0.4, 0.5) is 5.69 Å². The number of aliphatic imine (C=N–C) groups is 1. The van der Waals surface area contributed by atoms with E-state index in [1.165, 1.54) is 6.26 Å². The van der Waals surface area contributed by atoms with E-state index < -0.39 is 9.84 Å². The number of carbonyl (C=O) groups excluding carboxylic acids is 1. The number of guanidine groups is 1. The van der Waals surface area contributed by atoms with Gasteiger partial charge >= 0.3 is 0 Å². The minimum atomic E-state index is -3.02. The zero-order valence-electron chi connectivity index (χ0n) is 16.1. The normalized spacial score (nSPS) is 16.1. The van der Waals surface area contributed by atoms with Crippen LogP contribution < -0.4 is 10.2 Å². The van der Waals surface area contributed by atoms with Crippen molar-refractivity contribution in [3.63, 3.8) is 0 Å². The number of hydrogen-bond acceptors (Lipinski definition) is 6. The van der Waals surface area contributed by atoms with Crippen LogP contribution in [0.1, 0.15) is 6.92 Å². The lowest BCUT2D eigenvalue weighted by Gasteiger charge is -2.35. The van der Waals surface area contributed by atoms with Gasteiger partial charge in [0.05, 0.1) is 37.4 Å². The Balaban J connectivity index is 1.86. The van der Waals surface area contributed by atoms with E-state index in [0.29, 0.717) is 38.7 Å².